The third-order valence-electron chi connectivity index (χ3n) is 3.87. The number of nitrogens with one attached hydrogen (secondary N) is 2. The molecule has 2 aromatic rings. The summed E-state index contributed by atoms with van der Waals surface area (Å²) in [6, 6.07) is 12.8. The molecule has 0 atom stereocenters. The lowest BCUT2D eigenvalue weighted by atomic mass is 10.1. The van der Waals surface area contributed by atoms with Gasteiger partial charge in [-0.2, -0.15) is 0 Å². The Bertz CT molecular complexity index is 776. The summed E-state index contributed by atoms with van der Waals surface area (Å²) >= 11 is 6.25. The molecule has 0 saturated heterocycles. The summed E-state index contributed by atoms with van der Waals surface area (Å²) in [5.41, 5.74) is 7.79. The van der Waals surface area contributed by atoms with Crippen LogP contribution >= 0.6 is 11.6 Å². The van der Waals surface area contributed by atoms with E-state index < -0.39 is 5.91 Å². The first-order valence-electron chi connectivity index (χ1n) is 8.19. The van der Waals surface area contributed by atoms with E-state index in [0.717, 1.165) is 23.3 Å². The number of methoxy groups -OCH3 is 1. The quantitative estimate of drug-likeness (QED) is 0.512. The summed E-state index contributed by atoms with van der Waals surface area (Å²) in [5, 5.41) is 7.16. The van der Waals surface area contributed by atoms with E-state index in [4.69, 9.17) is 22.1 Å². The van der Waals surface area contributed by atoms with Crippen molar-refractivity contribution in [2.24, 2.45) is 10.7 Å². The molecule has 2 aromatic carbocycles. The highest BCUT2D eigenvalue weighted by Gasteiger charge is 2.04. The Morgan fingerprint density at radius 1 is 1.19 bits per heavy atom. The van der Waals surface area contributed by atoms with Crippen LogP contribution in [0.2, 0.25) is 5.02 Å². The molecule has 0 unspecified atom stereocenters. The van der Waals surface area contributed by atoms with Crippen LogP contribution in [0.5, 0.6) is 5.75 Å². The number of nitrogens with two attached hydrogens (primary N) is 1. The maximum atomic E-state index is 11.1. The van der Waals surface area contributed by atoms with Gasteiger partial charge in [0.2, 0.25) is 5.91 Å². The number of halogens is 1. The van der Waals surface area contributed by atoms with Crippen molar-refractivity contribution >= 4 is 23.5 Å². The van der Waals surface area contributed by atoms with Gasteiger partial charge in [0, 0.05) is 30.7 Å². The summed E-state index contributed by atoms with van der Waals surface area (Å²) in [5.74, 6) is 0.999. The molecular formula is C19H23ClN4O2. The molecule has 6 nitrogen and oxygen atoms in total. The first kappa shape index (κ1) is 19.6. The Balaban J connectivity index is 1.81. The van der Waals surface area contributed by atoms with E-state index in [1.165, 1.54) is 0 Å². The van der Waals surface area contributed by atoms with Gasteiger partial charge in [-0.15, -0.1) is 0 Å². The fourth-order valence-electron chi connectivity index (χ4n) is 2.37. The lowest BCUT2D eigenvalue weighted by Crippen LogP contribution is -2.37. The van der Waals surface area contributed by atoms with Crippen LogP contribution in [0.15, 0.2) is 47.5 Å². The van der Waals surface area contributed by atoms with Crippen molar-refractivity contribution in [2.45, 2.75) is 13.0 Å². The first-order chi connectivity index (χ1) is 12.5. The summed E-state index contributed by atoms with van der Waals surface area (Å²) in [6.45, 7) is 1.27. The van der Waals surface area contributed by atoms with E-state index in [-0.39, 0.29) is 0 Å². The van der Waals surface area contributed by atoms with Crippen molar-refractivity contribution in [3.8, 4) is 5.75 Å². The minimum Gasteiger partial charge on any atom is -0.497 e. The Kier molecular flexibility index (Phi) is 7.29. The van der Waals surface area contributed by atoms with Crippen molar-refractivity contribution < 1.29 is 9.53 Å². The average Bonchev–Trinajstić information content (AvgIpc) is 2.65. The van der Waals surface area contributed by atoms with Crippen LogP contribution in [-0.2, 0) is 13.0 Å². The number of ether oxygens (including phenoxy) is 1. The van der Waals surface area contributed by atoms with E-state index in [0.29, 0.717) is 29.6 Å². The maximum absolute atomic E-state index is 11.1. The van der Waals surface area contributed by atoms with Crippen LogP contribution in [0.1, 0.15) is 21.5 Å². The molecular weight excluding hydrogens is 352 g/mol. The molecule has 0 fully saturated rings. The molecule has 0 heterocycles. The van der Waals surface area contributed by atoms with Crippen LogP contribution in [-0.4, -0.2) is 32.6 Å². The highest BCUT2D eigenvalue weighted by Crippen LogP contribution is 2.22. The SMILES string of the molecule is CN=C(NCCc1ccc(OC)cc1Cl)NCc1ccc(C(N)=O)cc1. The predicted molar refractivity (Wildman–Crippen MR) is 105 cm³/mol. The molecule has 0 bridgehead atoms. The number of benzene rings is 2. The second-order valence-electron chi connectivity index (χ2n) is 5.62. The first-order valence-corrected chi connectivity index (χ1v) is 8.57. The zero-order valence-corrected chi connectivity index (χ0v) is 15.6. The summed E-state index contributed by atoms with van der Waals surface area (Å²) < 4.78 is 5.15. The van der Waals surface area contributed by atoms with Crippen molar-refractivity contribution in [3.63, 3.8) is 0 Å². The molecule has 0 aliphatic heterocycles. The zero-order valence-electron chi connectivity index (χ0n) is 14.9. The van der Waals surface area contributed by atoms with Crippen LogP contribution in [0.3, 0.4) is 0 Å². The van der Waals surface area contributed by atoms with Gasteiger partial charge < -0.3 is 21.1 Å². The number of rotatable bonds is 7. The van der Waals surface area contributed by atoms with Gasteiger partial charge in [0.1, 0.15) is 5.75 Å². The number of carbonyl (C=O) groups is 1. The molecule has 26 heavy (non-hydrogen) atoms. The van der Waals surface area contributed by atoms with Gasteiger partial charge >= 0.3 is 0 Å². The topological polar surface area (TPSA) is 88.7 Å². The molecule has 2 rings (SSSR count). The van der Waals surface area contributed by atoms with Gasteiger partial charge in [0.05, 0.1) is 7.11 Å². The fraction of sp³-hybridized carbons (Fsp3) is 0.263. The molecule has 0 saturated carbocycles. The average molecular weight is 375 g/mol. The van der Waals surface area contributed by atoms with Crippen molar-refractivity contribution in [1.29, 1.82) is 0 Å². The third kappa shape index (κ3) is 5.67. The van der Waals surface area contributed by atoms with Gasteiger partial charge in [-0.05, 0) is 41.8 Å². The molecule has 4 N–H and O–H groups in total. The zero-order chi connectivity index (χ0) is 18.9. The predicted octanol–water partition coefficient (Wildman–Crippen LogP) is 2.36. The van der Waals surface area contributed by atoms with Crippen LogP contribution in [0.4, 0.5) is 0 Å². The van der Waals surface area contributed by atoms with Crippen LogP contribution < -0.4 is 21.1 Å². The minimum absolute atomic E-state index is 0.431. The number of nitrogens with zero attached hydrogens (tertiary/aromatic N) is 1. The Labute approximate surface area is 158 Å². The van der Waals surface area contributed by atoms with E-state index >= 15 is 0 Å². The number of carbonyl (C=O) groups excluding carboxylic acids is 1. The third-order valence-corrected chi connectivity index (χ3v) is 4.22. The lowest BCUT2D eigenvalue weighted by Gasteiger charge is -2.13. The molecule has 0 spiro atoms. The number of primary amides is 1. The number of hydrogen-bond acceptors (Lipinski definition) is 3. The summed E-state index contributed by atoms with van der Waals surface area (Å²) in [4.78, 5) is 15.3. The normalized spacial score (nSPS) is 11.1. The van der Waals surface area contributed by atoms with Crippen LogP contribution in [0.25, 0.3) is 0 Å². The molecule has 138 valence electrons. The molecule has 1 amide bonds. The second kappa shape index (κ2) is 9.68. The molecule has 0 aromatic heterocycles. The smallest absolute Gasteiger partial charge is 0.248 e. The van der Waals surface area contributed by atoms with Gasteiger partial charge in [0.15, 0.2) is 5.96 Å². The number of aliphatic imine (C=N–C) groups is 1. The van der Waals surface area contributed by atoms with Gasteiger partial charge in [-0.1, -0.05) is 29.8 Å². The van der Waals surface area contributed by atoms with Crippen molar-refractivity contribution in [1.82, 2.24) is 10.6 Å². The van der Waals surface area contributed by atoms with E-state index in [1.54, 1.807) is 32.4 Å². The monoisotopic (exact) mass is 374 g/mol. The lowest BCUT2D eigenvalue weighted by molar-refractivity contribution is 0.100. The molecule has 0 aliphatic rings. The maximum Gasteiger partial charge on any atom is 0.248 e. The molecule has 0 aliphatic carbocycles. The summed E-state index contributed by atoms with van der Waals surface area (Å²) in [6.07, 6.45) is 0.761. The Morgan fingerprint density at radius 2 is 1.92 bits per heavy atom. The highest BCUT2D eigenvalue weighted by atomic mass is 35.5. The van der Waals surface area contributed by atoms with E-state index in [9.17, 15) is 4.79 Å². The minimum atomic E-state index is -0.431. The number of guanidine groups is 1. The Hall–Kier alpha value is -2.73. The van der Waals surface area contributed by atoms with Crippen LogP contribution in [0, 0.1) is 0 Å². The van der Waals surface area contributed by atoms with Crippen molar-refractivity contribution in [2.75, 3.05) is 20.7 Å². The highest BCUT2D eigenvalue weighted by molar-refractivity contribution is 6.31. The molecule has 7 heteroatoms. The molecule has 0 radical (unpaired) electrons. The van der Waals surface area contributed by atoms with Gasteiger partial charge in [0.25, 0.3) is 0 Å². The fourth-order valence-corrected chi connectivity index (χ4v) is 2.63. The summed E-state index contributed by atoms with van der Waals surface area (Å²) in [7, 11) is 3.33. The van der Waals surface area contributed by atoms with Gasteiger partial charge in [-0.3, -0.25) is 9.79 Å². The Morgan fingerprint density at radius 3 is 2.50 bits per heavy atom. The standard InChI is InChI=1S/C19H23ClN4O2/c1-22-19(24-12-13-3-5-15(6-4-13)18(21)25)23-10-9-14-7-8-16(26-2)11-17(14)20/h3-8,11H,9-10,12H2,1-2H3,(H2,21,25)(H2,22,23,24). The van der Waals surface area contributed by atoms with E-state index in [2.05, 4.69) is 15.6 Å². The second-order valence-corrected chi connectivity index (χ2v) is 6.03. The van der Waals surface area contributed by atoms with Crippen molar-refractivity contribution in [3.05, 3.63) is 64.2 Å². The number of amides is 1. The largest absolute Gasteiger partial charge is 0.497 e. The van der Waals surface area contributed by atoms with E-state index in [1.807, 2.05) is 24.3 Å². The van der Waals surface area contributed by atoms with Gasteiger partial charge in [-0.25, -0.2) is 0 Å². The number of hydrogen-bond donors (Lipinski definition) is 3.